The lowest BCUT2D eigenvalue weighted by Crippen LogP contribution is -2.12. The van der Waals surface area contributed by atoms with Gasteiger partial charge in [0.1, 0.15) is 0 Å². The molecule has 1 heterocycles. The van der Waals surface area contributed by atoms with Crippen LogP contribution in [0.1, 0.15) is 21.5 Å². The summed E-state index contributed by atoms with van der Waals surface area (Å²) in [4.78, 5) is 12.2. The van der Waals surface area contributed by atoms with Crippen LogP contribution < -0.4 is 10.6 Å². The minimum atomic E-state index is -0.147. The molecule has 0 saturated carbocycles. The van der Waals surface area contributed by atoms with E-state index in [-0.39, 0.29) is 5.91 Å². The summed E-state index contributed by atoms with van der Waals surface area (Å²) in [5.74, 6) is -0.147. The number of anilines is 2. The Kier molecular flexibility index (Phi) is 3.10. The molecule has 0 fully saturated rings. The number of nitriles is 1. The summed E-state index contributed by atoms with van der Waals surface area (Å²) in [6.45, 7) is 0.927. The van der Waals surface area contributed by atoms with Crippen LogP contribution in [0.4, 0.5) is 11.4 Å². The number of hydrogen-bond acceptors (Lipinski definition) is 3. The quantitative estimate of drug-likeness (QED) is 0.875. The fourth-order valence-electron chi connectivity index (χ4n) is 2.26. The van der Waals surface area contributed by atoms with Crippen LogP contribution in [-0.4, -0.2) is 12.5 Å². The van der Waals surface area contributed by atoms with Crippen molar-refractivity contribution >= 4 is 17.3 Å². The highest BCUT2D eigenvalue weighted by molar-refractivity contribution is 6.05. The van der Waals surface area contributed by atoms with Gasteiger partial charge >= 0.3 is 0 Å². The van der Waals surface area contributed by atoms with Gasteiger partial charge in [-0.2, -0.15) is 5.26 Å². The van der Waals surface area contributed by atoms with Crippen molar-refractivity contribution in [3.8, 4) is 6.07 Å². The van der Waals surface area contributed by atoms with Crippen molar-refractivity contribution in [2.45, 2.75) is 6.42 Å². The van der Waals surface area contributed by atoms with Gasteiger partial charge in [-0.1, -0.05) is 6.07 Å². The maximum atomic E-state index is 12.2. The summed E-state index contributed by atoms with van der Waals surface area (Å²) in [6.07, 6.45) is 1.01. The molecule has 0 atom stereocenters. The van der Waals surface area contributed by atoms with E-state index in [9.17, 15) is 4.79 Å². The Bertz CT molecular complexity index is 699. The van der Waals surface area contributed by atoms with E-state index in [1.54, 1.807) is 24.3 Å². The highest BCUT2D eigenvalue weighted by Crippen LogP contribution is 2.23. The number of carbonyl (C=O) groups is 1. The molecule has 0 spiro atoms. The lowest BCUT2D eigenvalue weighted by Gasteiger charge is -2.07. The lowest BCUT2D eigenvalue weighted by atomic mass is 10.1. The van der Waals surface area contributed by atoms with Gasteiger partial charge in [-0.25, -0.2) is 0 Å². The number of nitrogens with one attached hydrogen (secondary N) is 2. The fourth-order valence-corrected chi connectivity index (χ4v) is 2.26. The molecule has 0 unspecified atom stereocenters. The Hall–Kier alpha value is -2.80. The fraction of sp³-hybridized carbons (Fsp3) is 0.125. The Morgan fingerprint density at radius 3 is 2.75 bits per heavy atom. The molecule has 4 nitrogen and oxygen atoms in total. The van der Waals surface area contributed by atoms with Crippen LogP contribution in [0.5, 0.6) is 0 Å². The maximum Gasteiger partial charge on any atom is 0.255 e. The highest BCUT2D eigenvalue weighted by atomic mass is 16.1. The largest absolute Gasteiger partial charge is 0.384 e. The SMILES string of the molecule is N#Cc1ccc(NC(=O)c2ccc3c(c2)NCC3)cc1. The molecule has 0 bridgehead atoms. The molecule has 0 radical (unpaired) electrons. The topological polar surface area (TPSA) is 64.9 Å². The van der Waals surface area contributed by atoms with Crippen LogP contribution in [0.15, 0.2) is 42.5 Å². The molecule has 2 aromatic rings. The summed E-state index contributed by atoms with van der Waals surface area (Å²) in [5, 5.41) is 14.8. The van der Waals surface area contributed by atoms with Gasteiger partial charge in [-0.15, -0.1) is 0 Å². The molecule has 4 heteroatoms. The molecule has 1 aliphatic heterocycles. The molecule has 1 aliphatic rings. The van der Waals surface area contributed by atoms with E-state index < -0.39 is 0 Å². The van der Waals surface area contributed by atoms with E-state index in [1.165, 1.54) is 5.56 Å². The average Bonchev–Trinajstić information content (AvgIpc) is 2.95. The number of hydrogen-bond donors (Lipinski definition) is 2. The molecule has 0 saturated heterocycles. The van der Waals surface area contributed by atoms with Gasteiger partial charge in [-0.3, -0.25) is 4.79 Å². The minimum absolute atomic E-state index is 0.147. The third-order valence-corrected chi connectivity index (χ3v) is 3.35. The van der Waals surface area contributed by atoms with Crippen molar-refractivity contribution in [2.24, 2.45) is 0 Å². The third kappa shape index (κ3) is 2.34. The zero-order valence-corrected chi connectivity index (χ0v) is 10.8. The van der Waals surface area contributed by atoms with Gasteiger partial charge < -0.3 is 10.6 Å². The van der Waals surface area contributed by atoms with Crippen LogP contribution in [0.25, 0.3) is 0 Å². The smallest absolute Gasteiger partial charge is 0.255 e. The zero-order valence-electron chi connectivity index (χ0n) is 10.8. The predicted molar refractivity (Wildman–Crippen MR) is 77.7 cm³/mol. The van der Waals surface area contributed by atoms with Gasteiger partial charge in [0.2, 0.25) is 0 Å². The number of fused-ring (bicyclic) bond motifs is 1. The first-order chi connectivity index (χ1) is 9.76. The minimum Gasteiger partial charge on any atom is -0.384 e. The number of benzene rings is 2. The summed E-state index contributed by atoms with van der Waals surface area (Å²) < 4.78 is 0. The summed E-state index contributed by atoms with van der Waals surface area (Å²) >= 11 is 0. The first-order valence-corrected chi connectivity index (χ1v) is 6.44. The molecule has 0 aliphatic carbocycles. The van der Waals surface area contributed by atoms with Gasteiger partial charge in [0, 0.05) is 23.5 Å². The summed E-state index contributed by atoms with van der Waals surface area (Å²) in [6, 6.07) is 14.6. The standard InChI is InChI=1S/C16H13N3O/c17-10-11-1-5-14(6-2-11)19-16(20)13-4-3-12-7-8-18-15(12)9-13/h1-6,9,18H,7-8H2,(H,19,20). The Balaban J connectivity index is 1.77. The first-order valence-electron chi connectivity index (χ1n) is 6.44. The van der Waals surface area contributed by atoms with Gasteiger partial charge in [0.25, 0.3) is 5.91 Å². The first kappa shape index (κ1) is 12.2. The second-order valence-electron chi connectivity index (χ2n) is 4.69. The summed E-state index contributed by atoms with van der Waals surface area (Å²) in [5.41, 5.74) is 4.17. The zero-order chi connectivity index (χ0) is 13.9. The van der Waals surface area contributed by atoms with Crippen molar-refractivity contribution in [1.29, 1.82) is 5.26 Å². The molecule has 1 amide bonds. The van der Waals surface area contributed by atoms with Crippen molar-refractivity contribution in [2.75, 3.05) is 17.2 Å². The van der Waals surface area contributed by atoms with Crippen LogP contribution in [-0.2, 0) is 6.42 Å². The second kappa shape index (κ2) is 5.06. The predicted octanol–water partition coefficient (Wildman–Crippen LogP) is 2.78. The molecular formula is C16H13N3O. The van der Waals surface area contributed by atoms with E-state index in [1.807, 2.05) is 24.3 Å². The van der Waals surface area contributed by atoms with Crippen molar-refractivity contribution in [1.82, 2.24) is 0 Å². The lowest BCUT2D eigenvalue weighted by molar-refractivity contribution is 0.102. The number of carbonyl (C=O) groups excluding carboxylic acids is 1. The molecule has 20 heavy (non-hydrogen) atoms. The Morgan fingerprint density at radius 2 is 2.00 bits per heavy atom. The highest BCUT2D eigenvalue weighted by Gasteiger charge is 2.13. The Labute approximate surface area is 117 Å². The molecule has 2 aromatic carbocycles. The van der Waals surface area contributed by atoms with Crippen LogP contribution in [0.2, 0.25) is 0 Å². The average molecular weight is 263 g/mol. The van der Waals surface area contributed by atoms with Crippen LogP contribution in [0, 0.1) is 11.3 Å². The van der Waals surface area contributed by atoms with Crippen LogP contribution in [0.3, 0.4) is 0 Å². The second-order valence-corrected chi connectivity index (χ2v) is 4.69. The van der Waals surface area contributed by atoms with E-state index in [0.29, 0.717) is 16.8 Å². The van der Waals surface area contributed by atoms with Gasteiger partial charge in [0.15, 0.2) is 0 Å². The van der Waals surface area contributed by atoms with E-state index in [4.69, 9.17) is 5.26 Å². The van der Waals surface area contributed by atoms with Crippen molar-refractivity contribution < 1.29 is 4.79 Å². The number of amides is 1. The van der Waals surface area contributed by atoms with E-state index >= 15 is 0 Å². The summed E-state index contributed by atoms with van der Waals surface area (Å²) in [7, 11) is 0. The molecule has 0 aromatic heterocycles. The monoisotopic (exact) mass is 263 g/mol. The van der Waals surface area contributed by atoms with Crippen molar-refractivity contribution in [3.05, 3.63) is 59.2 Å². The molecule has 2 N–H and O–H groups in total. The third-order valence-electron chi connectivity index (χ3n) is 3.35. The maximum absolute atomic E-state index is 12.2. The van der Waals surface area contributed by atoms with Gasteiger partial charge in [0.05, 0.1) is 11.6 Å². The number of rotatable bonds is 2. The normalized spacial score (nSPS) is 12.2. The van der Waals surface area contributed by atoms with E-state index in [2.05, 4.69) is 10.6 Å². The van der Waals surface area contributed by atoms with Gasteiger partial charge in [-0.05, 0) is 48.4 Å². The molecule has 3 rings (SSSR count). The van der Waals surface area contributed by atoms with Crippen molar-refractivity contribution in [3.63, 3.8) is 0 Å². The Morgan fingerprint density at radius 1 is 1.20 bits per heavy atom. The molecular weight excluding hydrogens is 250 g/mol. The number of nitrogens with zero attached hydrogens (tertiary/aromatic N) is 1. The van der Waals surface area contributed by atoms with E-state index in [0.717, 1.165) is 18.7 Å². The molecule has 98 valence electrons. The van der Waals surface area contributed by atoms with Crippen LogP contribution >= 0.6 is 0 Å².